The highest BCUT2D eigenvalue weighted by atomic mass is 79.9. The molecular weight excluding hydrogens is 472 g/mol. The van der Waals surface area contributed by atoms with Gasteiger partial charge in [0.25, 0.3) is 5.91 Å². The molecule has 150 valence electrons. The summed E-state index contributed by atoms with van der Waals surface area (Å²) >= 11 is 9.59. The summed E-state index contributed by atoms with van der Waals surface area (Å²) < 4.78 is 11.7. The maximum Gasteiger partial charge on any atom is 0.277 e. The molecule has 0 unspecified atom stereocenters. The Morgan fingerprint density at radius 3 is 2.93 bits per heavy atom. The molecular formula is C21H14BrClN4O3. The second kappa shape index (κ2) is 9.06. The fourth-order valence-electron chi connectivity index (χ4n) is 2.72. The number of benzene rings is 2. The molecule has 0 saturated heterocycles. The minimum Gasteiger partial charge on any atom is -0.483 e. The number of ether oxygens (including phenoxy) is 1. The van der Waals surface area contributed by atoms with Crippen LogP contribution in [-0.2, 0) is 4.79 Å². The number of aromatic nitrogens is 2. The molecule has 2 heterocycles. The lowest BCUT2D eigenvalue weighted by atomic mass is 10.1. The van der Waals surface area contributed by atoms with Crippen LogP contribution in [0.25, 0.3) is 22.2 Å². The standard InChI is InChI=1S/C21H14BrClN4O3/c22-15-5-6-18(16(10-15)19-7-8-25-30-19)29-12-20(28)27-24-11-14-9-13-3-1-2-4-17(13)26-21(14)23/h1-11H,12H2,(H,27,28)/b24-11-. The predicted molar refractivity (Wildman–Crippen MR) is 118 cm³/mol. The van der Waals surface area contributed by atoms with Gasteiger partial charge in [-0.05, 0) is 30.3 Å². The van der Waals surface area contributed by atoms with E-state index in [1.807, 2.05) is 36.4 Å². The van der Waals surface area contributed by atoms with Crippen LogP contribution in [0.1, 0.15) is 5.56 Å². The summed E-state index contributed by atoms with van der Waals surface area (Å²) in [6.07, 6.45) is 2.98. The van der Waals surface area contributed by atoms with Gasteiger partial charge < -0.3 is 9.26 Å². The van der Waals surface area contributed by atoms with E-state index >= 15 is 0 Å². The molecule has 0 aliphatic rings. The third kappa shape index (κ3) is 4.67. The number of hydrogen-bond donors (Lipinski definition) is 1. The van der Waals surface area contributed by atoms with Crippen molar-refractivity contribution in [1.82, 2.24) is 15.6 Å². The van der Waals surface area contributed by atoms with Crippen LogP contribution in [-0.4, -0.2) is 28.9 Å². The molecule has 0 fully saturated rings. The zero-order valence-electron chi connectivity index (χ0n) is 15.4. The van der Waals surface area contributed by atoms with Crippen molar-refractivity contribution in [2.75, 3.05) is 6.61 Å². The van der Waals surface area contributed by atoms with Gasteiger partial charge in [-0.25, -0.2) is 10.4 Å². The maximum atomic E-state index is 12.1. The Morgan fingerprint density at radius 1 is 1.23 bits per heavy atom. The van der Waals surface area contributed by atoms with Crippen LogP contribution in [0.3, 0.4) is 0 Å². The lowest BCUT2D eigenvalue weighted by Gasteiger charge is -2.09. The third-order valence-electron chi connectivity index (χ3n) is 4.10. The van der Waals surface area contributed by atoms with E-state index < -0.39 is 5.91 Å². The molecule has 0 spiro atoms. The van der Waals surface area contributed by atoms with E-state index in [4.69, 9.17) is 20.9 Å². The van der Waals surface area contributed by atoms with Crippen molar-refractivity contribution in [3.05, 3.63) is 76.0 Å². The first kappa shape index (κ1) is 20.1. The molecule has 0 aliphatic carbocycles. The Balaban J connectivity index is 1.40. The number of pyridine rings is 1. The molecule has 4 rings (SSSR count). The summed E-state index contributed by atoms with van der Waals surface area (Å²) in [7, 11) is 0. The van der Waals surface area contributed by atoms with Gasteiger partial charge >= 0.3 is 0 Å². The molecule has 4 aromatic rings. The van der Waals surface area contributed by atoms with E-state index in [1.165, 1.54) is 12.4 Å². The Kier molecular flexibility index (Phi) is 6.06. The van der Waals surface area contributed by atoms with Crippen LogP contribution >= 0.6 is 27.5 Å². The van der Waals surface area contributed by atoms with Gasteiger partial charge in [-0.3, -0.25) is 4.79 Å². The van der Waals surface area contributed by atoms with Crippen LogP contribution in [0.15, 0.2) is 74.9 Å². The summed E-state index contributed by atoms with van der Waals surface area (Å²) in [5.41, 5.74) is 4.47. The predicted octanol–water partition coefficient (Wildman–Crippen LogP) is 4.83. The van der Waals surface area contributed by atoms with Gasteiger partial charge in [0.1, 0.15) is 10.9 Å². The maximum absolute atomic E-state index is 12.1. The molecule has 2 aromatic heterocycles. The number of para-hydroxylation sites is 1. The van der Waals surface area contributed by atoms with Crippen molar-refractivity contribution in [3.8, 4) is 17.1 Å². The van der Waals surface area contributed by atoms with E-state index in [2.05, 4.69) is 36.6 Å². The van der Waals surface area contributed by atoms with Crippen LogP contribution in [0.2, 0.25) is 5.15 Å². The lowest BCUT2D eigenvalue weighted by molar-refractivity contribution is -0.123. The second-order valence-electron chi connectivity index (χ2n) is 6.16. The molecule has 0 atom stereocenters. The number of carbonyl (C=O) groups excluding carboxylic acids is 1. The van der Waals surface area contributed by atoms with E-state index in [9.17, 15) is 4.79 Å². The summed E-state index contributed by atoms with van der Waals surface area (Å²) in [6.45, 7) is -0.232. The minimum absolute atomic E-state index is 0.232. The van der Waals surface area contributed by atoms with Crippen LogP contribution < -0.4 is 10.2 Å². The van der Waals surface area contributed by atoms with Crippen LogP contribution in [0.5, 0.6) is 5.75 Å². The van der Waals surface area contributed by atoms with E-state index in [0.717, 1.165) is 15.4 Å². The lowest BCUT2D eigenvalue weighted by Crippen LogP contribution is -2.24. The minimum atomic E-state index is -0.428. The molecule has 0 bridgehead atoms. The number of halogens is 2. The van der Waals surface area contributed by atoms with Crippen molar-refractivity contribution in [2.45, 2.75) is 0 Å². The number of hydrogen-bond acceptors (Lipinski definition) is 6. The second-order valence-corrected chi connectivity index (χ2v) is 7.43. The van der Waals surface area contributed by atoms with Crippen molar-refractivity contribution < 1.29 is 14.1 Å². The van der Waals surface area contributed by atoms with Crippen LogP contribution in [0, 0.1) is 0 Å². The first-order valence-corrected chi connectivity index (χ1v) is 9.98. The highest BCUT2D eigenvalue weighted by molar-refractivity contribution is 9.10. The Bertz CT molecular complexity index is 1230. The number of rotatable bonds is 6. The van der Waals surface area contributed by atoms with Crippen molar-refractivity contribution in [1.29, 1.82) is 0 Å². The van der Waals surface area contributed by atoms with Gasteiger partial charge in [-0.1, -0.05) is 50.9 Å². The van der Waals surface area contributed by atoms with E-state index in [-0.39, 0.29) is 6.61 Å². The number of fused-ring (bicyclic) bond motifs is 1. The molecule has 0 radical (unpaired) electrons. The van der Waals surface area contributed by atoms with Crippen molar-refractivity contribution in [3.63, 3.8) is 0 Å². The number of nitrogens with one attached hydrogen (secondary N) is 1. The average molecular weight is 486 g/mol. The molecule has 1 N–H and O–H groups in total. The first-order chi connectivity index (χ1) is 14.6. The van der Waals surface area contributed by atoms with Gasteiger partial charge in [0.15, 0.2) is 12.4 Å². The molecule has 7 nitrogen and oxygen atoms in total. The summed E-state index contributed by atoms with van der Waals surface area (Å²) in [5, 5.41) is 8.87. The topological polar surface area (TPSA) is 89.6 Å². The molecule has 0 aliphatic heterocycles. The Morgan fingerprint density at radius 2 is 2.10 bits per heavy atom. The number of amides is 1. The third-order valence-corrected chi connectivity index (χ3v) is 4.90. The van der Waals surface area contributed by atoms with Gasteiger partial charge in [0.2, 0.25) is 0 Å². The Labute approximate surface area is 184 Å². The molecule has 9 heteroatoms. The monoisotopic (exact) mass is 484 g/mol. The normalized spacial score (nSPS) is 11.1. The SMILES string of the molecule is O=C(COc1ccc(Br)cc1-c1ccno1)N/N=C\c1cc2ccccc2nc1Cl. The average Bonchev–Trinajstić information content (AvgIpc) is 3.28. The fraction of sp³-hybridized carbons (Fsp3) is 0.0476. The van der Waals surface area contributed by atoms with Crippen molar-refractivity contribution in [2.24, 2.45) is 5.10 Å². The summed E-state index contributed by atoms with van der Waals surface area (Å²) in [5.74, 6) is 0.585. The number of carbonyl (C=O) groups is 1. The van der Waals surface area contributed by atoms with Crippen LogP contribution in [0.4, 0.5) is 0 Å². The van der Waals surface area contributed by atoms with Gasteiger partial charge in [0, 0.05) is 21.5 Å². The zero-order chi connectivity index (χ0) is 20.9. The number of nitrogens with zero attached hydrogens (tertiary/aromatic N) is 3. The van der Waals surface area contributed by atoms with E-state index in [1.54, 1.807) is 18.2 Å². The molecule has 1 amide bonds. The highest BCUT2D eigenvalue weighted by Crippen LogP contribution is 2.32. The van der Waals surface area contributed by atoms with E-state index in [0.29, 0.717) is 27.8 Å². The zero-order valence-corrected chi connectivity index (χ0v) is 17.7. The summed E-state index contributed by atoms with van der Waals surface area (Å²) in [4.78, 5) is 16.4. The number of hydrazone groups is 1. The fourth-order valence-corrected chi connectivity index (χ4v) is 3.28. The first-order valence-electron chi connectivity index (χ1n) is 8.81. The summed E-state index contributed by atoms with van der Waals surface area (Å²) in [6, 6.07) is 16.5. The van der Waals surface area contributed by atoms with Gasteiger partial charge in [-0.2, -0.15) is 5.10 Å². The Hall–Kier alpha value is -3.23. The molecule has 2 aromatic carbocycles. The quantitative estimate of drug-likeness (QED) is 0.240. The largest absolute Gasteiger partial charge is 0.483 e. The highest BCUT2D eigenvalue weighted by Gasteiger charge is 2.12. The van der Waals surface area contributed by atoms with Crippen molar-refractivity contribution >= 4 is 50.6 Å². The molecule has 0 saturated carbocycles. The smallest absolute Gasteiger partial charge is 0.277 e. The van der Waals surface area contributed by atoms with Gasteiger partial charge in [0.05, 0.1) is 23.5 Å². The van der Waals surface area contributed by atoms with Gasteiger partial charge in [-0.15, -0.1) is 0 Å². The molecule has 30 heavy (non-hydrogen) atoms.